The van der Waals surface area contributed by atoms with Gasteiger partial charge in [-0.05, 0) is 35.4 Å². The number of hydrogen-bond donors (Lipinski definition) is 0. The quantitative estimate of drug-likeness (QED) is 0.193. The van der Waals surface area contributed by atoms with E-state index in [1.165, 1.54) is 38.2 Å². The summed E-state index contributed by atoms with van der Waals surface area (Å²) in [6, 6.07) is 60.6. The highest BCUT2D eigenvalue weighted by Crippen LogP contribution is 2.50. The van der Waals surface area contributed by atoms with Crippen molar-refractivity contribution in [2.75, 3.05) is 0 Å². The maximum absolute atomic E-state index is 5.55. The number of nitrogens with zero attached hydrogens (tertiary/aromatic N) is 4. The smallest absolute Gasteiger partial charge is 0.162 e. The van der Waals surface area contributed by atoms with Gasteiger partial charge in [0.25, 0.3) is 0 Å². The van der Waals surface area contributed by atoms with Crippen LogP contribution in [0.1, 0.15) is 0 Å². The Bertz CT molecular complexity index is 2930. The van der Waals surface area contributed by atoms with Gasteiger partial charge >= 0.3 is 0 Å². The number of rotatable bonds is 3. The van der Waals surface area contributed by atoms with Gasteiger partial charge in [-0.1, -0.05) is 146 Å². The van der Waals surface area contributed by atoms with E-state index in [9.17, 15) is 0 Å². The zero-order valence-corrected chi connectivity index (χ0v) is 27.0. The van der Waals surface area contributed by atoms with Gasteiger partial charge in [0.1, 0.15) is 5.82 Å². The molecule has 0 N–H and O–H groups in total. The van der Waals surface area contributed by atoms with Crippen molar-refractivity contribution < 1.29 is 0 Å². The van der Waals surface area contributed by atoms with E-state index in [1.54, 1.807) is 0 Å². The van der Waals surface area contributed by atoms with Crippen LogP contribution in [0.3, 0.4) is 0 Å². The zero-order valence-electron chi connectivity index (χ0n) is 27.0. The molecule has 0 fully saturated rings. The molecule has 0 spiro atoms. The van der Waals surface area contributed by atoms with Gasteiger partial charge in [-0.25, -0.2) is 9.97 Å². The van der Waals surface area contributed by atoms with Crippen molar-refractivity contribution >= 4 is 43.6 Å². The summed E-state index contributed by atoms with van der Waals surface area (Å²) in [6.07, 6.45) is 0. The number of fused-ring (bicyclic) bond motifs is 11. The third-order valence-corrected chi connectivity index (χ3v) is 10.3. The van der Waals surface area contributed by atoms with Crippen molar-refractivity contribution in [2.24, 2.45) is 0 Å². The molecule has 4 heteroatoms. The van der Waals surface area contributed by atoms with E-state index in [0.717, 1.165) is 56.0 Å². The molecule has 7 aromatic carbocycles. The Labute approximate surface area is 288 Å². The summed E-state index contributed by atoms with van der Waals surface area (Å²) in [5.41, 5.74) is 13.1. The van der Waals surface area contributed by atoms with E-state index < -0.39 is 0 Å². The molecule has 11 rings (SSSR count). The van der Waals surface area contributed by atoms with Crippen molar-refractivity contribution in [1.82, 2.24) is 19.1 Å². The summed E-state index contributed by atoms with van der Waals surface area (Å²) in [5, 5.41) is 4.88. The lowest BCUT2D eigenvalue weighted by atomic mass is 9.91. The Kier molecular flexibility index (Phi) is 5.63. The fourth-order valence-electron chi connectivity index (χ4n) is 8.21. The normalized spacial score (nSPS) is 12.0. The second-order valence-corrected chi connectivity index (χ2v) is 12.9. The molecule has 0 atom stereocenters. The minimum atomic E-state index is 0.694. The minimum Gasteiger partial charge on any atom is -0.309 e. The van der Waals surface area contributed by atoms with Crippen LogP contribution in [-0.2, 0) is 0 Å². The molecule has 0 amide bonds. The Morgan fingerprint density at radius 1 is 0.360 bits per heavy atom. The maximum Gasteiger partial charge on any atom is 0.162 e. The molecule has 232 valence electrons. The molecular formula is C46H28N4. The molecule has 0 saturated carbocycles. The van der Waals surface area contributed by atoms with E-state index in [4.69, 9.17) is 9.97 Å². The van der Waals surface area contributed by atoms with E-state index in [2.05, 4.69) is 173 Å². The van der Waals surface area contributed by atoms with E-state index in [-0.39, 0.29) is 0 Å². The topological polar surface area (TPSA) is 35.6 Å². The SMILES string of the molecule is c1ccc(-c2nc(-c3ccccc3-n3c4ccccc4c4ccccc43)c3c(n2)-n2c4ccccc4c4cccc(c42)-c2ccccc2-3)cc1. The fourth-order valence-corrected chi connectivity index (χ4v) is 8.21. The van der Waals surface area contributed by atoms with Crippen molar-refractivity contribution in [3.05, 3.63) is 170 Å². The average molecular weight is 637 g/mol. The van der Waals surface area contributed by atoms with Gasteiger partial charge in [-0.3, -0.25) is 4.57 Å². The molecule has 0 saturated heterocycles. The lowest BCUT2D eigenvalue weighted by molar-refractivity contribution is 1.05. The van der Waals surface area contributed by atoms with Gasteiger partial charge in [0.05, 0.1) is 39.0 Å². The summed E-state index contributed by atoms with van der Waals surface area (Å²) in [5.74, 6) is 1.58. The van der Waals surface area contributed by atoms with Gasteiger partial charge in [-0.2, -0.15) is 0 Å². The molecule has 0 radical (unpaired) electrons. The highest BCUT2D eigenvalue weighted by atomic mass is 15.1. The van der Waals surface area contributed by atoms with Crippen LogP contribution in [0.2, 0.25) is 0 Å². The molecule has 4 heterocycles. The first-order chi connectivity index (χ1) is 24.8. The van der Waals surface area contributed by atoms with E-state index in [0.29, 0.717) is 5.82 Å². The maximum atomic E-state index is 5.55. The van der Waals surface area contributed by atoms with Gasteiger partial charge in [0.15, 0.2) is 5.82 Å². The standard InChI is InChI=1S/C46H28N4/c1-2-15-29(16-3-1)45-47-43(37-22-9-13-28-41(37)49-38-25-10-6-18-31(38)32-19-7-11-26-39(32)49)42-34-21-5-4-17-30(34)35-23-14-24-36-33-20-8-12-27-40(33)50(44(35)36)46(42)48-45/h1-28H. The van der Waals surface area contributed by atoms with Crippen molar-refractivity contribution in [1.29, 1.82) is 0 Å². The van der Waals surface area contributed by atoms with E-state index in [1.807, 2.05) is 6.07 Å². The second kappa shape index (κ2) is 10.4. The zero-order chi connectivity index (χ0) is 32.8. The van der Waals surface area contributed by atoms with Crippen LogP contribution < -0.4 is 0 Å². The molecule has 0 unspecified atom stereocenters. The summed E-state index contributed by atoms with van der Waals surface area (Å²) in [6.45, 7) is 0. The highest BCUT2D eigenvalue weighted by Gasteiger charge is 2.30. The average Bonchev–Trinajstić information content (AvgIpc) is 3.67. The number of aromatic nitrogens is 4. The number of para-hydroxylation sites is 5. The van der Waals surface area contributed by atoms with Crippen LogP contribution in [-0.4, -0.2) is 19.1 Å². The first kappa shape index (κ1) is 27.2. The van der Waals surface area contributed by atoms with Crippen LogP contribution in [0, 0.1) is 0 Å². The van der Waals surface area contributed by atoms with Gasteiger partial charge in [0.2, 0.25) is 0 Å². The number of benzene rings is 7. The summed E-state index contributed by atoms with van der Waals surface area (Å²) in [7, 11) is 0. The molecule has 10 aromatic rings. The first-order valence-corrected chi connectivity index (χ1v) is 17.0. The summed E-state index contributed by atoms with van der Waals surface area (Å²) < 4.78 is 4.79. The molecule has 1 aliphatic rings. The van der Waals surface area contributed by atoms with Crippen molar-refractivity contribution in [3.8, 4) is 56.4 Å². The summed E-state index contributed by atoms with van der Waals surface area (Å²) in [4.78, 5) is 11.1. The Hall–Kier alpha value is -6.78. The predicted molar refractivity (Wildman–Crippen MR) is 206 cm³/mol. The molecular weight excluding hydrogens is 609 g/mol. The van der Waals surface area contributed by atoms with Crippen LogP contribution in [0.5, 0.6) is 0 Å². The van der Waals surface area contributed by atoms with Gasteiger partial charge in [0, 0.05) is 38.2 Å². The van der Waals surface area contributed by atoms with Crippen LogP contribution >= 0.6 is 0 Å². The molecule has 3 aromatic heterocycles. The second-order valence-electron chi connectivity index (χ2n) is 12.9. The Balaban J connectivity index is 1.34. The molecule has 1 aliphatic heterocycles. The molecule has 0 aliphatic carbocycles. The van der Waals surface area contributed by atoms with Crippen LogP contribution in [0.25, 0.3) is 100 Å². The lowest BCUT2D eigenvalue weighted by Gasteiger charge is -2.20. The van der Waals surface area contributed by atoms with Gasteiger partial charge < -0.3 is 4.57 Å². The van der Waals surface area contributed by atoms with E-state index >= 15 is 0 Å². The van der Waals surface area contributed by atoms with Gasteiger partial charge in [-0.15, -0.1) is 0 Å². The molecule has 50 heavy (non-hydrogen) atoms. The Morgan fingerprint density at radius 2 is 0.880 bits per heavy atom. The van der Waals surface area contributed by atoms with Crippen molar-refractivity contribution in [2.45, 2.75) is 0 Å². The van der Waals surface area contributed by atoms with Crippen LogP contribution in [0.4, 0.5) is 0 Å². The molecule has 4 nitrogen and oxygen atoms in total. The fraction of sp³-hybridized carbons (Fsp3) is 0. The largest absolute Gasteiger partial charge is 0.309 e. The highest BCUT2D eigenvalue weighted by molar-refractivity contribution is 6.17. The third-order valence-electron chi connectivity index (χ3n) is 10.3. The minimum absolute atomic E-state index is 0.694. The molecule has 0 bridgehead atoms. The Morgan fingerprint density at radius 3 is 1.60 bits per heavy atom. The summed E-state index contributed by atoms with van der Waals surface area (Å²) >= 11 is 0. The third kappa shape index (κ3) is 3.70. The number of hydrogen-bond acceptors (Lipinski definition) is 2. The first-order valence-electron chi connectivity index (χ1n) is 17.0. The lowest BCUT2D eigenvalue weighted by Crippen LogP contribution is -2.07. The van der Waals surface area contributed by atoms with Crippen LogP contribution in [0.15, 0.2) is 170 Å². The van der Waals surface area contributed by atoms with Crippen molar-refractivity contribution in [3.63, 3.8) is 0 Å². The monoisotopic (exact) mass is 636 g/mol. The predicted octanol–water partition coefficient (Wildman–Crippen LogP) is 11.7.